The second-order valence-electron chi connectivity index (χ2n) is 7.36. The highest BCUT2D eigenvalue weighted by Gasteiger charge is 2.56. The molecule has 2 bridgehead atoms. The van der Waals surface area contributed by atoms with Crippen LogP contribution < -0.4 is 5.32 Å². The van der Waals surface area contributed by atoms with Gasteiger partial charge in [0.1, 0.15) is 0 Å². The molecule has 0 radical (unpaired) electrons. The van der Waals surface area contributed by atoms with Crippen molar-refractivity contribution in [2.45, 2.75) is 83.1 Å². The van der Waals surface area contributed by atoms with Crippen LogP contribution in [0.1, 0.15) is 52.9 Å². The number of methoxy groups -OCH3 is 1. The van der Waals surface area contributed by atoms with Crippen molar-refractivity contribution in [3.8, 4) is 0 Å². The molecule has 19 heavy (non-hydrogen) atoms. The molecule has 4 unspecified atom stereocenters. The standard InChI is InChI=1S/C16H30N2O/c1-5-17-11-8-12-6-7-13(9-11)18(12)14-10-15(19-4)16(14,2)3/h11-15,17H,5-10H2,1-4H3. The van der Waals surface area contributed by atoms with E-state index in [1.807, 2.05) is 7.11 Å². The van der Waals surface area contributed by atoms with Crippen molar-refractivity contribution in [1.82, 2.24) is 10.2 Å². The Kier molecular flexibility index (Phi) is 3.65. The van der Waals surface area contributed by atoms with E-state index in [9.17, 15) is 0 Å². The lowest BCUT2D eigenvalue weighted by Crippen LogP contribution is -2.66. The Bertz CT molecular complexity index is 317. The van der Waals surface area contributed by atoms with Gasteiger partial charge in [0.2, 0.25) is 0 Å². The predicted octanol–water partition coefficient (Wildman–Crippen LogP) is 2.40. The first-order valence-corrected chi connectivity index (χ1v) is 8.11. The van der Waals surface area contributed by atoms with Crippen LogP contribution in [0, 0.1) is 5.41 Å². The summed E-state index contributed by atoms with van der Waals surface area (Å²) >= 11 is 0. The van der Waals surface area contributed by atoms with Gasteiger partial charge in [-0.05, 0) is 38.6 Å². The Morgan fingerprint density at radius 2 is 1.79 bits per heavy atom. The summed E-state index contributed by atoms with van der Waals surface area (Å²) in [5.74, 6) is 0. The Morgan fingerprint density at radius 3 is 2.26 bits per heavy atom. The molecule has 2 saturated heterocycles. The van der Waals surface area contributed by atoms with E-state index in [2.05, 4.69) is 31.0 Å². The Balaban J connectivity index is 1.68. The third-order valence-electron chi connectivity index (χ3n) is 6.05. The van der Waals surface area contributed by atoms with Crippen molar-refractivity contribution in [1.29, 1.82) is 0 Å². The van der Waals surface area contributed by atoms with Crippen LogP contribution in [0.5, 0.6) is 0 Å². The molecule has 1 aliphatic carbocycles. The van der Waals surface area contributed by atoms with E-state index in [-0.39, 0.29) is 0 Å². The zero-order chi connectivity index (χ0) is 13.6. The minimum Gasteiger partial charge on any atom is -0.381 e. The third-order valence-corrected chi connectivity index (χ3v) is 6.05. The molecule has 3 rings (SSSR count). The lowest BCUT2D eigenvalue weighted by molar-refractivity contribution is -0.155. The van der Waals surface area contributed by atoms with Crippen LogP contribution in [0.3, 0.4) is 0 Å². The fraction of sp³-hybridized carbons (Fsp3) is 1.00. The highest BCUT2D eigenvalue weighted by atomic mass is 16.5. The van der Waals surface area contributed by atoms with Gasteiger partial charge in [0.05, 0.1) is 6.10 Å². The van der Waals surface area contributed by atoms with Crippen LogP contribution in [0.15, 0.2) is 0 Å². The smallest absolute Gasteiger partial charge is 0.0652 e. The summed E-state index contributed by atoms with van der Waals surface area (Å²) in [5.41, 5.74) is 0.334. The van der Waals surface area contributed by atoms with Gasteiger partial charge in [-0.2, -0.15) is 0 Å². The van der Waals surface area contributed by atoms with E-state index in [0.717, 1.165) is 30.7 Å². The fourth-order valence-corrected chi connectivity index (χ4v) is 4.95. The highest BCUT2D eigenvalue weighted by molar-refractivity contribution is 5.10. The van der Waals surface area contributed by atoms with Gasteiger partial charge in [-0.3, -0.25) is 4.90 Å². The number of fused-ring (bicyclic) bond motifs is 2. The van der Waals surface area contributed by atoms with Crippen LogP contribution in [0.25, 0.3) is 0 Å². The number of piperidine rings is 1. The van der Waals surface area contributed by atoms with Gasteiger partial charge >= 0.3 is 0 Å². The zero-order valence-corrected chi connectivity index (χ0v) is 13.0. The second-order valence-corrected chi connectivity index (χ2v) is 7.36. The lowest BCUT2D eigenvalue weighted by Gasteiger charge is -2.59. The molecule has 4 atom stereocenters. The van der Waals surface area contributed by atoms with Crippen molar-refractivity contribution < 1.29 is 4.74 Å². The maximum atomic E-state index is 5.63. The molecule has 1 N–H and O–H groups in total. The Morgan fingerprint density at radius 1 is 1.16 bits per heavy atom. The molecule has 3 heteroatoms. The van der Waals surface area contributed by atoms with Gasteiger partial charge < -0.3 is 10.1 Å². The van der Waals surface area contributed by atoms with Gasteiger partial charge in [0.25, 0.3) is 0 Å². The Hall–Kier alpha value is -0.120. The molecule has 3 fully saturated rings. The van der Waals surface area contributed by atoms with Gasteiger partial charge in [0.15, 0.2) is 0 Å². The van der Waals surface area contributed by atoms with Gasteiger partial charge in [0, 0.05) is 36.7 Å². The van der Waals surface area contributed by atoms with Crippen molar-refractivity contribution >= 4 is 0 Å². The molecular formula is C16H30N2O. The first kappa shape index (κ1) is 13.8. The average molecular weight is 266 g/mol. The van der Waals surface area contributed by atoms with Crippen molar-refractivity contribution in [2.24, 2.45) is 5.41 Å². The topological polar surface area (TPSA) is 24.5 Å². The molecule has 0 spiro atoms. The van der Waals surface area contributed by atoms with E-state index in [1.165, 1.54) is 32.1 Å². The normalized spacial score (nSPS) is 45.2. The first-order chi connectivity index (χ1) is 9.07. The van der Waals surface area contributed by atoms with E-state index in [0.29, 0.717) is 11.5 Å². The van der Waals surface area contributed by atoms with E-state index in [1.54, 1.807) is 0 Å². The van der Waals surface area contributed by atoms with Crippen LogP contribution in [-0.4, -0.2) is 48.8 Å². The fourth-order valence-electron chi connectivity index (χ4n) is 4.95. The summed E-state index contributed by atoms with van der Waals surface area (Å²) < 4.78 is 5.63. The molecule has 2 heterocycles. The minimum atomic E-state index is 0.334. The highest BCUT2D eigenvalue weighted by Crippen LogP contribution is 2.51. The Labute approximate surface area is 118 Å². The number of nitrogens with one attached hydrogen (secondary N) is 1. The second kappa shape index (κ2) is 5.01. The number of rotatable bonds is 4. The summed E-state index contributed by atoms with van der Waals surface area (Å²) in [7, 11) is 1.87. The molecule has 0 amide bonds. The van der Waals surface area contributed by atoms with Crippen molar-refractivity contribution in [3.05, 3.63) is 0 Å². The number of nitrogens with zero attached hydrogens (tertiary/aromatic N) is 1. The molecule has 3 nitrogen and oxygen atoms in total. The van der Waals surface area contributed by atoms with Crippen molar-refractivity contribution in [2.75, 3.05) is 13.7 Å². The molecular weight excluding hydrogens is 236 g/mol. The monoisotopic (exact) mass is 266 g/mol. The largest absolute Gasteiger partial charge is 0.381 e. The molecule has 2 aliphatic heterocycles. The summed E-state index contributed by atoms with van der Waals surface area (Å²) in [5, 5.41) is 3.67. The first-order valence-electron chi connectivity index (χ1n) is 8.11. The SMILES string of the molecule is CCNC1CC2CCC(C1)N2C1CC(OC)C1(C)C. The molecule has 1 saturated carbocycles. The number of ether oxygens (including phenoxy) is 1. The van der Waals surface area contributed by atoms with Crippen LogP contribution in [-0.2, 0) is 4.74 Å². The minimum absolute atomic E-state index is 0.334. The maximum Gasteiger partial charge on any atom is 0.0652 e. The molecule has 0 aromatic heterocycles. The van der Waals surface area contributed by atoms with E-state index in [4.69, 9.17) is 4.74 Å². The number of hydrogen-bond donors (Lipinski definition) is 1. The molecule has 3 aliphatic rings. The van der Waals surface area contributed by atoms with E-state index < -0.39 is 0 Å². The van der Waals surface area contributed by atoms with Gasteiger partial charge in [-0.25, -0.2) is 0 Å². The van der Waals surface area contributed by atoms with E-state index >= 15 is 0 Å². The summed E-state index contributed by atoms with van der Waals surface area (Å²) in [6, 6.07) is 3.16. The quantitative estimate of drug-likeness (QED) is 0.845. The molecule has 110 valence electrons. The van der Waals surface area contributed by atoms with Gasteiger partial charge in [-0.1, -0.05) is 20.8 Å². The number of hydrogen-bond acceptors (Lipinski definition) is 3. The third kappa shape index (κ3) is 2.14. The van der Waals surface area contributed by atoms with Gasteiger partial charge in [-0.15, -0.1) is 0 Å². The lowest BCUT2D eigenvalue weighted by atomic mass is 9.63. The summed E-state index contributed by atoms with van der Waals surface area (Å²) in [6.45, 7) is 8.13. The summed E-state index contributed by atoms with van der Waals surface area (Å²) in [4.78, 5) is 2.88. The predicted molar refractivity (Wildman–Crippen MR) is 78.3 cm³/mol. The average Bonchev–Trinajstić information content (AvgIpc) is 2.60. The maximum absolute atomic E-state index is 5.63. The van der Waals surface area contributed by atoms with Crippen LogP contribution >= 0.6 is 0 Å². The summed E-state index contributed by atoms with van der Waals surface area (Å²) in [6.07, 6.45) is 7.24. The zero-order valence-electron chi connectivity index (χ0n) is 13.0. The molecule has 0 aromatic carbocycles. The van der Waals surface area contributed by atoms with Crippen LogP contribution in [0.4, 0.5) is 0 Å². The molecule has 0 aromatic rings. The van der Waals surface area contributed by atoms with Crippen molar-refractivity contribution in [3.63, 3.8) is 0 Å². The van der Waals surface area contributed by atoms with Crippen LogP contribution in [0.2, 0.25) is 0 Å².